The van der Waals surface area contributed by atoms with Gasteiger partial charge in [-0.15, -0.1) is 12.4 Å². The number of carbonyl (C=O) groups is 1. The van der Waals surface area contributed by atoms with Crippen molar-refractivity contribution in [3.8, 4) is 0 Å². The Balaban J connectivity index is 0.00000144. The van der Waals surface area contributed by atoms with Crippen molar-refractivity contribution in [2.45, 2.75) is 26.8 Å². The van der Waals surface area contributed by atoms with E-state index in [4.69, 9.17) is 0 Å². The van der Waals surface area contributed by atoms with E-state index in [9.17, 15) is 4.79 Å². The van der Waals surface area contributed by atoms with Crippen LogP contribution in [0.3, 0.4) is 0 Å². The number of aromatic nitrogens is 2. The van der Waals surface area contributed by atoms with Gasteiger partial charge in [-0.3, -0.25) is 9.89 Å². The Morgan fingerprint density at radius 3 is 3.00 bits per heavy atom. The first kappa shape index (κ1) is 14.0. The fraction of sp³-hybridized carbons (Fsp3) is 0.636. The highest BCUT2D eigenvalue weighted by Crippen LogP contribution is 2.14. The second-order valence-corrected chi connectivity index (χ2v) is 4.56. The van der Waals surface area contributed by atoms with E-state index in [2.05, 4.69) is 34.7 Å². The van der Waals surface area contributed by atoms with E-state index in [1.807, 2.05) is 0 Å². The molecule has 0 aromatic carbocycles. The quantitative estimate of drug-likeness (QED) is 0.753. The summed E-state index contributed by atoms with van der Waals surface area (Å²) >= 11 is 0. The van der Waals surface area contributed by atoms with Gasteiger partial charge in [0.1, 0.15) is 0 Å². The van der Waals surface area contributed by atoms with Gasteiger partial charge in [0.25, 0.3) is 5.91 Å². The van der Waals surface area contributed by atoms with Crippen LogP contribution in [0.5, 0.6) is 0 Å². The lowest BCUT2D eigenvalue weighted by Crippen LogP contribution is -2.30. The van der Waals surface area contributed by atoms with Gasteiger partial charge in [-0.2, -0.15) is 5.10 Å². The molecular weight excluding hydrogens is 240 g/mol. The monoisotopic (exact) mass is 258 g/mol. The van der Waals surface area contributed by atoms with Gasteiger partial charge < -0.3 is 10.6 Å². The smallest absolute Gasteiger partial charge is 0.272 e. The number of hydrogen-bond acceptors (Lipinski definition) is 3. The zero-order valence-electron chi connectivity index (χ0n) is 10.2. The maximum atomic E-state index is 11.9. The van der Waals surface area contributed by atoms with Crippen molar-refractivity contribution in [1.82, 2.24) is 20.8 Å². The van der Waals surface area contributed by atoms with Crippen LogP contribution in [-0.2, 0) is 13.0 Å². The lowest BCUT2D eigenvalue weighted by Gasteiger charge is -2.13. The van der Waals surface area contributed by atoms with Crippen molar-refractivity contribution >= 4 is 18.3 Å². The Morgan fingerprint density at radius 1 is 1.53 bits per heavy atom. The van der Waals surface area contributed by atoms with Crippen LogP contribution in [0.15, 0.2) is 0 Å². The van der Waals surface area contributed by atoms with Crippen LogP contribution < -0.4 is 10.6 Å². The van der Waals surface area contributed by atoms with E-state index in [0.717, 1.165) is 30.8 Å². The average Bonchev–Trinajstić information content (AvgIpc) is 2.69. The molecule has 0 saturated heterocycles. The van der Waals surface area contributed by atoms with E-state index in [0.29, 0.717) is 18.2 Å². The fourth-order valence-corrected chi connectivity index (χ4v) is 1.79. The third kappa shape index (κ3) is 3.20. The molecule has 0 unspecified atom stereocenters. The third-order valence-electron chi connectivity index (χ3n) is 2.69. The summed E-state index contributed by atoms with van der Waals surface area (Å²) in [5.41, 5.74) is 2.66. The Kier molecular flexibility index (Phi) is 4.96. The molecule has 5 nitrogen and oxygen atoms in total. The average molecular weight is 259 g/mol. The van der Waals surface area contributed by atoms with Crippen LogP contribution in [0.25, 0.3) is 0 Å². The molecule has 1 amide bonds. The highest BCUT2D eigenvalue weighted by atomic mass is 35.5. The lowest BCUT2D eigenvalue weighted by molar-refractivity contribution is 0.0943. The zero-order chi connectivity index (χ0) is 11.5. The van der Waals surface area contributed by atoms with Crippen molar-refractivity contribution in [1.29, 1.82) is 0 Å². The first-order valence-corrected chi connectivity index (χ1v) is 5.73. The van der Waals surface area contributed by atoms with Gasteiger partial charge in [0.05, 0.1) is 0 Å². The molecule has 1 aromatic rings. The van der Waals surface area contributed by atoms with Gasteiger partial charge in [-0.1, -0.05) is 13.8 Å². The molecule has 2 rings (SSSR count). The Bertz CT molecular complexity index is 389. The number of aromatic amines is 1. The van der Waals surface area contributed by atoms with E-state index in [1.165, 1.54) is 0 Å². The van der Waals surface area contributed by atoms with Gasteiger partial charge in [0, 0.05) is 37.3 Å². The van der Waals surface area contributed by atoms with Crippen molar-refractivity contribution < 1.29 is 4.79 Å². The van der Waals surface area contributed by atoms with Gasteiger partial charge in [0.15, 0.2) is 5.69 Å². The molecule has 6 heteroatoms. The summed E-state index contributed by atoms with van der Waals surface area (Å²) in [7, 11) is 0. The predicted octanol–water partition coefficient (Wildman–Crippen LogP) is 0.863. The van der Waals surface area contributed by atoms with Crippen LogP contribution in [0.2, 0.25) is 0 Å². The summed E-state index contributed by atoms with van der Waals surface area (Å²) in [5, 5.41) is 13.2. The van der Waals surface area contributed by atoms with Gasteiger partial charge in [-0.25, -0.2) is 0 Å². The minimum Gasteiger partial charge on any atom is -0.350 e. The van der Waals surface area contributed by atoms with Crippen molar-refractivity contribution in [3.63, 3.8) is 0 Å². The lowest BCUT2D eigenvalue weighted by atomic mass is 10.1. The molecule has 96 valence electrons. The first-order valence-electron chi connectivity index (χ1n) is 5.73. The second-order valence-electron chi connectivity index (χ2n) is 4.56. The highest BCUT2D eigenvalue weighted by molar-refractivity contribution is 5.94. The third-order valence-corrected chi connectivity index (χ3v) is 2.69. The predicted molar refractivity (Wildman–Crippen MR) is 68.4 cm³/mol. The van der Waals surface area contributed by atoms with Gasteiger partial charge >= 0.3 is 0 Å². The molecule has 0 saturated carbocycles. The van der Waals surface area contributed by atoms with Crippen LogP contribution in [0, 0.1) is 5.92 Å². The molecule has 0 spiro atoms. The number of hydrogen-bond donors (Lipinski definition) is 3. The summed E-state index contributed by atoms with van der Waals surface area (Å²) in [6, 6.07) is 0. The molecule has 0 bridgehead atoms. The largest absolute Gasteiger partial charge is 0.350 e. The zero-order valence-corrected chi connectivity index (χ0v) is 11.0. The van der Waals surface area contributed by atoms with E-state index >= 15 is 0 Å². The molecule has 1 aromatic heterocycles. The van der Waals surface area contributed by atoms with E-state index in [-0.39, 0.29) is 18.3 Å². The Labute approximate surface area is 107 Å². The number of nitrogens with one attached hydrogen (secondary N) is 3. The van der Waals surface area contributed by atoms with Crippen molar-refractivity contribution in [3.05, 3.63) is 17.0 Å². The summed E-state index contributed by atoms with van der Waals surface area (Å²) < 4.78 is 0. The summed E-state index contributed by atoms with van der Waals surface area (Å²) in [5.74, 6) is 0.381. The number of carbonyl (C=O) groups excluding carboxylic acids is 1. The first-order chi connectivity index (χ1) is 7.68. The molecule has 0 fully saturated rings. The number of halogens is 1. The van der Waals surface area contributed by atoms with Gasteiger partial charge in [-0.05, 0) is 5.92 Å². The number of fused-ring (bicyclic) bond motifs is 1. The van der Waals surface area contributed by atoms with Crippen molar-refractivity contribution in [2.75, 3.05) is 13.1 Å². The van der Waals surface area contributed by atoms with E-state index < -0.39 is 0 Å². The van der Waals surface area contributed by atoms with Crippen molar-refractivity contribution in [2.24, 2.45) is 5.92 Å². The maximum absolute atomic E-state index is 11.9. The SMILES string of the molecule is CC(C)CNC(=O)c1n[nH]c2c1CNCC2.Cl. The normalized spacial score (nSPS) is 14.1. The minimum absolute atomic E-state index is 0. The molecule has 3 N–H and O–H groups in total. The molecule has 0 radical (unpaired) electrons. The topological polar surface area (TPSA) is 69.8 Å². The molecule has 1 aliphatic rings. The van der Waals surface area contributed by atoms with E-state index in [1.54, 1.807) is 0 Å². The fourth-order valence-electron chi connectivity index (χ4n) is 1.79. The van der Waals surface area contributed by atoms with Crippen LogP contribution in [-0.4, -0.2) is 29.2 Å². The standard InChI is InChI=1S/C11H18N4O.ClH/c1-7(2)5-13-11(16)10-8-6-12-4-3-9(8)14-15-10;/h7,12H,3-6H2,1-2H3,(H,13,16)(H,14,15);1H. The molecule has 0 aliphatic carbocycles. The number of nitrogens with zero attached hydrogens (tertiary/aromatic N) is 1. The summed E-state index contributed by atoms with van der Waals surface area (Å²) in [6.45, 7) is 6.51. The van der Waals surface area contributed by atoms with Crippen LogP contribution >= 0.6 is 12.4 Å². The Hall–Kier alpha value is -1.07. The second kappa shape index (κ2) is 6.02. The molecule has 1 aliphatic heterocycles. The molecule has 2 heterocycles. The summed E-state index contributed by atoms with van der Waals surface area (Å²) in [4.78, 5) is 11.9. The van der Waals surface area contributed by atoms with Crippen LogP contribution in [0.1, 0.15) is 35.6 Å². The molecule has 17 heavy (non-hydrogen) atoms. The number of rotatable bonds is 3. The number of amides is 1. The maximum Gasteiger partial charge on any atom is 0.272 e. The molecular formula is C11H19ClN4O. The minimum atomic E-state index is -0.0742. The summed E-state index contributed by atoms with van der Waals surface area (Å²) in [6.07, 6.45) is 0.916. The van der Waals surface area contributed by atoms with Gasteiger partial charge in [0.2, 0.25) is 0 Å². The van der Waals surface area contributed by atoms with Crippen LogP contribution in [0.4, 0.5) is 0 Å². The highest BCUT2D eigenvalue weighted by Gasteiger charge is 2.21. The Morgan fingerprint density at radius 2 is 2.29 bits per heavy atom. The molecule has 0 atom stereocenters. The number of H-pyrrole nitrogens is 1.